The molecule has 0 aliphatic carbocycles. The van der Waals surface area contributed by atoms with E-state index in [9.17, 15) is 4.79 Å². The molecular formula is C18H30N2O. The summed E-state index contributed by atoms with van der Waals surface area (Å²) in [5.74, 6) is 0.637. The fourth-order valence-electron chi connectivity index (χ4n) is 2.64. The number of aryl methyl sites for hydroxylation is 2. The molecule has 1 aromatic carbocycles. The second kappa shape index (κ2) is 7.60. The Morgan fingerprint density at radius 3 is 2.33 bits per heavy atom. The monoisotopic (exact) mass is 290 g/mol. The van der Waals surface area contributed by atoms with Crippen LogP contribution in [-0.2, 0) is 4.79 Å². The summed E-state index contributed by atoms with van der Waals surface area (Å²) in [6.07, 6.45) is 0.853. The van der Waals surface area contributed by atoms with Crippen LogP contribution in [0.1, 0.15) is 49.9 Å². The Bertz CT molecular complexity index is 480. The van der Waals surface area contributed by atoms with Crippen LogP contribution in [0.15, 0.2) is 18.2 Å². The van der Waals surface area contributed by atoms with E-state index in [1.807, 2.05) is 14.1 Å². The molecule has 0 heterocycles. The van der Waals surface area contributed by atoms with E-state index >= 15 is 0 Å². The van der Waals surface area contributed by atoms with Crippen molar-refractivity contribution in [3.05, 3.63) is 34.9 Å². The van der Waals surface area contributed by atoms with Crippen LogP contribution in [0.25, 0.3) is 0 Å². The fourth-order valence-corrected chi connectivity index (χ4v) is 2.64. The van der Waals surface area contributed by atoms with Crippen LogP contribution in [0.2, 0.25) is 0 Å². The summed E-state index contributed by atoms with van der Waals surface area (Å²) in [6.45, 7) is 10.7. The number of carbonyl (C=O) groups is 1. The molecule has 118 valence electrons. The highest BCUT2D eigenvalue weighted by molar-refractivity contribution is 5.81. The Labute approximate surface area is 129 Å². The third-order valence-corrected chi connectivity index (χ3v) is 3.80. The molecule has 0 radical (unpaired) electrons. The predicted molar refractivity (Wildman–Crippen MR) is 89.4 cm³/mol. The molecule has 0 spiro atoms. The third kappa shape index (κ3) is 5.16. The normalized spacial score (nSPS) is 14.1. The molecule has 0 fully saturated rings. The van der Waals surface area contributed by atoms with Crippen LogP contribution in [0.4, 0.5) is 0 Å². The fraction of sp³-hybridized carbons (Fsp3) is 0.611. The zero-order chi connectivity index (χ0) is 16.2. The number of rotatable bonds is 6. The second-order valence-electron chi connectivity index (χ2n) is 6.66. The molecule has 0 saturated heterocycles. The zero-order valence-electron chi connectivity index (χ0n) is 14.5. The van der Waals surface area contributed by atoms with E-state index in [4.69, 9.17) is 0 Å². The lowest BCUT2D eigenvalue weighted by Crippen LogP contribution is -2.45. The molecule has 0 saturated carbocycles. The van der Waals surface area contributed by atoms with E-state index in [-0.39, 0.29) is 18.0 Å². The minimum absolute atomic E-state index is 0.130. The van der Waals surface area contributed by atoms with E-state index in [1.54, 1.807) is 4.90 Å². The first kappa shape index (κ1) is 17.7. The first-order valence-corrected chi connectivity index (χ1v) is 7.76. The first-order valence-electron chi connectivity index (χ1n) is 7.76. The van der Waals surface area contributed by atoms with Gasteiger partial charge in [0.25, 0.3) is 0 Å². The van der Waals surface area contributed by atoms with Crippen LogP contribution in [-0.4, -0.2) is 30.9 Å². The number of likely N-dealkylation sites (N-methyl/N-ethyl adjacent to an activating group) is 1. The molecule has 1 N–H and O–H groups in total. The van der Waals surface area contributed by atoms with Gasteiger partial charge in [0.15, 0.2) is 0 Å². The summed E-state index contributed by atoms with van der Waals surface area (Å²) in [4.78, 5) is 14.0. The summed E-state index contributed by atoms with van der Waals surface area (Å²) < 4.78 is 0. The lowest BCUT2D eigenvalue weighted by atomic mass is 9.97. The van der Waals surface area contributed by atoms with Crippen molar-refractivity contribution in [1.29, 1.82) is 0 Å². The highest BCUT2D eigenvalue weighted by Crippen LogP contribution is 2.21. The minimum atomic E-state index is -0.130. The Morgan fingerprint density at radius 1 is 1.19 bits per heavy atom. The molecule has 21 heavy (non-hydrogen) atoms. The summed E-state index contributed by atoms with van der Waals surface area (Å²) >= 11 is 0. The molecule has 1 aromatic rings. The SMILES string of the molecule is Cc1ccc(C)c(C(C)NC(CC(C)C)C(=O)N(C)C)c1. The number of amides is 1. The van der Waals surface area contributed by atoms with E-state index in [0.717, 1.165) is 6.42 Å². The van der Waals surface area contributed by atoms with Crippen molar-refractivity contribution in [1.82, 2.24) is 10.2 Å². The summed E-state index contributed by atoms with van der Waals surface area (Å²) in [6, 6.07) is 6.52. The summed E-state index contributed by atoms with van der Waals surface area (Å²) in [5.41, 5.74) is 3.79. The first-order chi connectivity index (χ1) is 9.72. The summed E-state index contributed by atoms with van der Waals surface area (Å²) in [7, 11) is 3.64. The molecule has 0 aliphatic heterocycles. The Balaban J connectivity index is 2.91. The second-order valence-corrected chi connectivity index (χ2v) is 6.66. The van der Waals surface area contributed by atoms with Gasteiger partial charge in [0, 0.05) is 20.1 Å². The molecule has 3 heteroatoms. The van der Waals surface area contributed by atoms with Crippen molar-refractivity contribution in [2.45, 2.75) is 53.1 Å². The van der Waals surface area contributed by atoms with Crippen molar-refractivity contribution < 1.29 is 4.79 Å². The van der Waals surface area contributed by atoms with Gasteiger partial charge in [-0.05, 0) is 44.2 Å². The van der Waals surface area contributed by atoms with Crippen LogP contribution < -0.4 is 5.32 Å². The Kier molecular flexibility index (Phi) is 6.41. The van der Waals surface area contributed by atoms with Gasteiger partial charge < -0.3 is 4.90 Å². The van der Waals surface area contributed by atoms with E-state index in [1.165, 1.54) is 16.7 Å². The molecule has 0 aromatic heterocycles. The van der Waals surface area contributed by atoms with E-state index in [0.29, 0.717) is 5.92 Å². The maximum atomic E-state index is 12.4. The van der Waals surface area contributed by atoms with Gasteiger partial charge in [-0.1, -0.05) is 37.6 Å². The molecule has 0 bridgehead atoms. The van der Waals surface area contributed by atoms with Gasteiger partial charge in [-0.2, -0.15) is 0 Å². The summed E-state index contributed by atoms with van der Waals surface area (Å²) in [5, 5.41) is 3.52. The standard InChI is InChI=1S/C18H30N2O/c1-12(2)10-17(18(21)20(6)7)19-15(5)16-11-13(3)8-9-14(16)4/h8-9,11-12,15,17,19H,10H2,1-7H3. The number of nitrogens with zero attached hydrogens (tertiary/aromatic N) is 1. The average molecular weight is 290 g/mol. The lowest BCUT2D eigenvalue weighted by molar-refractivity contribution is -0.131. The van der Waals surface area contributed by atoms with Crippen molar-refractivity contribution >= 4 is 5.91 Å². The zero-order valence-corrected chi connectivity index (χ0v) is 14.5. The average Bonchev–Trinajstić information content (AvgIpc) is 2.39. The number of benzene rings is 1. The van der Waals surface area contributed by atoms with Gasteiger partial charge in [0.2, 0.25) is 5.91 Å². The molecule has 2 atom stereocenters. The Morgan fingerprint density at radius 2 is 1.81 bits per heavy atom. The van der Waals surface area contributed by atoms with Crippen LogP contribution >= 0.6 is 0 Å². The van der Waals surface area contributed by atoms with Crippen molar-refractivity contribution in [3.8, 4) is 0 Å². The largest absolute Gasteiger partial charge is 0.347 e. The lowest BCUT2D eigenvalue weighted by Gasteiger charge is -2.27. The third-order valence-electron chi connectivity index (χ3n) is 3.80. The molecule has 3 nitrogen and oxygen atoms in total. The number of hydrogen-bond acceptors (Lipinski definition) is 2. The van der Waals surface area contributed by atoms with Crippen LogP contribution in [0, 0.1) is 19.8 Å². The maximum Gasteiger partial charge on any atom is 0.239 e. The van der Waals surface area contributed by atoms with E-state index in [2.05, 4.69) is 58.1 Å². The van der Waals surface area contributed by atoms with Gasteiger partial charge in [0.05, 0.1) is 6.04 Å². The van der Waals surface area contributed by atoms with E-state index < -0.39 is 0 Å². The maximum absolute atomic E-state index is 12.4. The van der Waals surface area contributed by atoms with Gasteiger partial charge in [-0.15, -0.1) is 0 Å². The van der Waals surface area contributed by atoms with Crippen molar-refractivity contribution in [3.63, 3.8) is 0 Å². The van der Waals surface area contributed by atoms with Gasteiger partial charge in [0.1, 0.15) is 0 Å². The number of hydrogen-bond donors (Lipinski definition) is 1. The van der Waals surface area contributed by atoms with Gasteiger partial charge >= 0.3 is 0 Å². The highest BCUT2D eigenvalue weighted by atomic mass is 16.2. The molecular weight excluding hydrogens is 260 g/mol. The smallest absolute Gasteiger partial charge is 0.239 e. The molecule has 2 unspecified atom stereocenters. The minimum Gasteiger partial charge on any atom is -0.347 e. The quantitative estimate of drug-likeness (QED) is 0.870. The van der Waals surface area contributed by atoms with Crippen molar-refractivity contribution in [2.75, 3.05) is 14.1 Å². The van der Waals surface area contributed by atoms with Crippen LogP contribution in [0.3, 0.4) is 0 Å². The molecule has 1 rings (SSSR count). The Hall–Kier alpha value is -1.35. The molecule has 1 amide bonds. The number of carbonyl (C=O) groups excluding carboxylic acids is 1. The van der Waals surface area contributed by atoms with Crippen molar-refractivity contribution in [2.24, 2.45) is 5.92 Å². The number of nitrogens with one attached hydrogen (secondary N) is 1. The highest BCUT2D eigenvalue weighted by Gasteiger charge is 2.23. The molecule has 0 aliphatic rings. The predicted octanol–water partition coefficient (Wildman–Crippen LogP) is 3.46. The topological polar surface area (TPSA) is 32.3 Å². The van der Waals surface area contributed by atoms with Gasteiger partial charge in [-0.25, -0.2) is 0 Å². The van der Waals surface area contributed by atoms with Crippen LogP contribution in [0.5, 0.6) is 0 Å². The van der Waals surface area contributed by atoms with Gasteiger partial charge in [-0.3, -0.25) is 10.1 Å².